The summed E-state index contributed by atoms with van der Waals surface area (Å²) >= 11 is 1.52. The van der Waals surface area contributed by atoms with Crippen LogP contribution in [-0.2, 0) is 0 Å². The van der Waals surface area contributed by atoms with E-state index in [2.05, 4.69) is 39.5 Å². The number of ether oxygens (including phenoxy) is 1. The second-order valence-electron chi connectivity index (χ2n) is 6.05. The molecule has 4 rings (SSSR count). The van der Waals surface area contributed by atoms with Crippen molar-refractivity contribution < 1.29 is 4.74 Å². The second-order valence-corrected chi connectivity index (χ2v) is 7.06. The molecule has 1 aromatic heterocycles. The van der Waals surface area contributed by atoms with Gasteiger partial charge in [0.05, 0.1) is 13.3 Å². The third-order valence-electron chi connectivity index (χ3n) is 4.17. The Hall–Kier alpha value is -2.99. The molecule has 5 nitrogen and oxygen atoms in total. The predicted octanol–water partition coefficient (Wildman–Crippen LogP) is 4.07. The van der Waals surface area contributed by atoms with Gasteiger partial charge in [0.2, 0.25) is 5.88 Å². The lowest BCUT2D eigenvalue weighted by molar-refractivity contribution is 0.400. The summed E-state index contributed by atoms with van der Waals surface area (Å²) in [5.41, 5.74) is 5.50. The van der Waals surface area contributed by atoms with E-state index < -0.39 is 0 Å². The number of fused-ring (bicyclic) bond motifs is 3. The largest absolute Gasteiger partial charge is 0.480 e. The van der Waals surface area contributed by atoms with E-state index in [4.69, 9.17) is 4.74 Å². The van der Waals surface area contributed by atoms with Crippen molar-refractivity contribution in [3.05, 3.63) is 64.5 Å². The maximum absolute atomic E-state index is 5.34. The summed E-state index contributed by atoms with van der Waals surface area (Å²) in [4.78, 5) is 7.22. The zero-order valence-corrected chi connectivity index (χ0v) is 15.6. The van der Waals surface area contributed by atoms with E-state index in [-0.39, 0.29) is 0 Å². The molecule has 1 aliphatic carbocycles. The molecule has 1 heterocycles. The average molecular weight is 362 g/mol. The Morgan fingerprint density at radius 3 is 2.08 bits per heavy atom. The fraction of sp³-hybridized carbons (Fsp3) is 0.150. The van der Waals surface area contributed by atoms with Crippen LogP contribution in [0.3, 0.4) is 0 Å². The van der Waals surface area contributed by atoms with Crippen LogP contribution in [0.15, 0.2) is 58.7 Å². The minimum atomic E-state index is 0.565. The van der Waals surface area contributed by atoms with Crippen molar-refractivity contribution in [3.8, 4) is 17.0 Å². The van der Waals surface area contributed by atoms with Crippen LogP contribution in [0.4, 0.5) is 5.13 Å². The van der Waals surface area contributed by atoms with Crippen LogP contribution < -0.4 is 9.64 Å². The summed E-state index contributed by atoms with van der Waals surface area (Å²) in [6, 6.07) is 16.6. The van der Waals surface area contributed by atoms with Gasteiger partial charge < -0.3 is 9.64 Å². The lowest BCUT2D eigenvalue weighted by Gasteiger charge is -2.04. The molecule has 0 amide bonds. The highest BCUT2D eigenvalue weighted by molar-refractivity contribution is 7.17. The number of benzene rings is 2. The van der Waals surface area contributed by atoms with Gasteiger partial charge in [0, 0.05) is 25.2 Å². The minimum Gasteiger partial charge on any atom is -0.480 e. The topological polar surface area (TPSA) is 50.1 Å². The quantitative estimate of drug-likeness (QED) is 0.406. The molecular formula is C20H18N4OS. The summed E-state index contributed by atoms with van der Waals surface area (Å²) in [5, 5.41) is 9.73. The summed E-state index contributed by atoms with van der Waals surface area (Å²) in [5.74, 6) is 0.565. The van der Waals surface area contributed by atoms with E-state index in [0.717, 1.165) is 26.8 Å². The Kier molecular flexibility index (Phi) is 4.26. The molecule has 0 radical (unpaired) electrons. The molecule has 130 valence electrons. The molecule has 0 fully saturated rings. The molecule has 2 aromatic carbocycles. The fourth-order valence-corrected chi connectivity index (χ4v) is 3.79. The molecule has 3 aromatic rings. The van der Waals surface area contributed by atoms with Gasteiger partial charge in [-0.25, -0.2) is 0 Å². The number of hydrogen-bond acceptors (Lipinski definition) is 6. The Labute approximate surface area is 156 Å². The molecule has 0 aliphatic heterocycles. The Morgan fingerprint density at radius 1 is 0.962 bits per heavy atom. The third-order valence-corrected chi connectivity index (χ3v) is 5.31. The first kappa shape index (κ1) is 16.5. The van der Waals surface area contributed by atoms with Gasteiger partial charge in [-0.1, -0.05) is 59.9 Å². The fourth-order valence-electron chi connectivity index (χ4n) is 2.97. The lowest BCUT2D eigenvalue weighted by Crippen LogP contribution is -2.07. The lowest BCUT2D eigenvalue weighted by atomic mass is 10.1. The number of anilines is 1. The smallest absolute Gasteiger partial charge is 0.235 e. The Balaban J connectivity index is 1.73. The van der Waals surface area contributed by atoms with E-state index >= 15 is 0 Å². The van der Waals surface area contributed by atoms with E-state index in [9.17, 15) is 0 Å². The number of thiazole rings is 1. The molecule has 0 saturated carbocycles. The Morgan fingerprint density at radius 2 is 1.54 bits per heavy atom. The number of hydrogen-bond donors (Lipinski definition) is 0. The van der Waals surface area contributed by atoms with Crippen molar-refractivity contribution in [2.75, 3.05) is 26.1 Å². The van der Waals surface area contributed by atoms with Crippen LogP contribution in [-0.4, -0.2) is 38.1 Å². The highest BCUT2D eigenvalue weighted by Gasteiger charge is 2.23. The first-order valence-electron chi connectivity index (χ1n) is 8.21. The molecule has 0 unspecified atom stereocenters. The van der Waals surface area contributed by atoms with Crippen LogP contribution in [0.1, 0.15) is 16.0 Å². The maximum atomic E-state index is 5.34. The maximum Gasteiger partial charge on any atom is 0.235 e. The van der Waals surface area contributed by atoms with Crippen LogP contribution in [0.2, 0.25) is 0 Å². The van der Waals surface area contributed by atoms with Gasteiger partial charge in [0.15, 0.2) is 5.13 Å². The van der Waals surface area contributed by atoms with Gasteiger partial charge in [-0.3, -0.25) is 0 Å². The van der Waals surface area contributed by atoms with Crippen LogP contribution in [0.25, 0.3) is 11.1 Å². The van der Waals surface area contributed by atoms with E-state index in [1.165, 1.54) is 22.5 Å². The monoisotopic (exact) mass is 362 g/mol. The van der Waals surface area contributed by atoms with E-state index in [0.29, 0.717) is 5.88 Å². The van der Waals surface area contributed by atoms with Gasteiger partial charge in [-0.15, -0.1) is 5.10 Å². The first-order valence-corrected chi connectivity index (χ1v) is 9.03. The number of rotatable bonds is 4. The summed E-state index contributed by atoms with van der Waals surface area (Å²) in [6.07, 6.45) is 1.71. The van der Waals surface area contributed by atoms with Crippen molar-refractivity contribution in [2.24, 2.45) is 10.2 Å². The zero-order chi connectivity index (χ0) is 18.1. The average Bonchev–Trinajstić information content (AvgIpc) is 3.22. The standard InChI is InChI=1S/C20H18N4OS/c1-24(2)20-22-19(25-3)17(26-20)12-21-23-18-15-10-6-4-8-13(15)14-9-5-7-11-16(14)18/h4-12H,1-3H3. The van der Waals surface area contributed by atoms with Gasteiger partial charge in [-0.05, 0) is 11.1 Å². The van der Waals surface area contributed by atoms with Gasteiger partial charge >= 0.3 is 0 Å². The molecular weight excluding hydrogens is 344 g/mol. The highest BCUT2D eigenvalue weighted by atomic mass is 32.1. The molecule has 0 bridgehead atoms. The van der Waals surface area contributed by atoms with Crippen LogP contribution in [0, 0.1) is 0 Å². The van der Waals surface area contributed by atoms with Crippen LogP contribution >= 0.6 is 11.3 Å². The molecule has 6 heteroatoms. The first-order chi connectivity index (χ1) is 12.7. The van der Waals surface area contributed by atoms with Crippen molar-refractivity contribution in [2.45, 2.75) is 0 Å². The molecule has 0 N–H and O–H groups in total. The van der Waals surface area contributed by atoms with Crippen LogP contribution in [0.5, 0.6) is 5.88 Å². The van der Waals surface area contributed by atoms with Crippen molar-refractivity contribution >= 4 is 28.4 Å². The minimum absolute atomic E-state index is 0.565. The number of nitrogens with zero attached hydrogens (tertiary/aromatic N) is 4. The molecule has 0 atom stereocenters. The number of aromatic nitrogens is 1. The van der Waals surface area contributed by atoms with Crippen molar-refractivity contribution in [3.63, 3.8) is 0 Å². The zero-order valence-electron chi connectivity index (χ0n) is 14.8. The van der Waals surface area contributed by atoms with Gasteiger partial charge in [0.25, 0.3) is 0 Å². The normalized spacial score (nSPS) is 12.2. The molecule has 1 aliphatic rings. The van der Waals surface area contributed by atoms with Crippen molar-refractivity contribution in [1.29, 1.82) is 0 Å². The van der Waals surface area contributed by atoms with Gasteiger partial charge in [0.1, 0.15) is 10.6 Å². The second kappa shape index (κ2) is 6.72. The van der Waals surface area contributed by atoms with E-state index in [1.54, 1.807) is 13.3 Å². The van der Waals surface area contributed by atoms with Gasteiger partial charge in [-0.2, -0.15) is 10.1 Å². The predicted molar refractivity (Wildman–Crippen MR) is 108 cm³/mol. The highest BCUT2D eigenvalue weighted by Crippen LogP contribution is 2.36. The summed E-state index contributed by atoms with van der Waals surface area (Å²) in [6.45, 7) is 0. The number of methoxy groups -OCH3 is 1. The SMILES string of the molecule is COc1nc(N(C)C)sc1C=NN=C1c2ccccc2-c2ccccc21. The molecule has 0 saturated heterocycles. The summed E-state index contributed by atoms with van der Waals surface area (Å²) in [7, 11) is 5.51. The van der Waals surface area contributed by atoms with E-state index in [1.807, 2.05) is 43.3 Å². The molecule has 0 spiro atoms. The third kappa shape index (κ3) is 2.78. The molecule has 26 heavy (non-hydrogen) atoms. The Bertz CT molecular complexity index is 973. The summed E-state index contributed by atoms with van der Waals surface area (Å²) < 4.78 is 5.34. The van der Waals surface area contributed by atoms with Crippen molar-refractivity contribution in [1.82, 2.24) is 4.98 Å².